The van der Waals surface area contributed by atoms with E-state index in [1.54, 1.807) is 16.2 Å². The molecule has 2 amide bonds. The van der Waals surface area contributed by atoms with Crippen molar-refractivity contribution in [2.75, 3.05) is 11.9 Å². The van der Waals surface area contributed by atoms with Crippen molar-refractivity contribution in [3.05, 3.63) is 87.1 Å². The number of carbonyl (C=O) groups excluding carboxylic acids is 2. The van der Waals surface area contributed by atoms with Gasteiger partial charge in [0, 0.05) is 21.7 Å². The highest BCUT2D eigenvalue weighted by Gasteiger charge is 2.34. The molecule has 1 aliphatic heterocycles. The van der Waals surface area contributed by atoms with Crippen LogP contribution in [0.25, 0.3) is 0 Å². The summed E-state index contributed by atoms with van der Waals surface area (Å²) in [4.78, 5) is 29.0. The topological polar surface area (TPSA) is 49.4 Å². The number of amides is 2. The first-order chi connectivity index (χ1) is 14.2. The molecule has 1 aliphatic rings. The van der Waals surface area contributed by atoms with E-state index in [0.29, 0.717) is 5.56 Å². The monoisotopic (exact) mass is 418 g/mol. The van der Waals surface area contributed by atoms with Crippen molar-refractivity contribution in [1.29, 1.82) is 0 Å². The molecule has 5 heteroatoms. The summed E-state index contributed by atoms with van der Waals surface area (Å²) in [6.45, 7) is 8.48. The van der Waals surface area contributed by atoms with E-state index in [1.807, 2.05) is 60.8 Å². The number of thiophene rings is 1. The van der Waals surface area contributed by atoms with E-state index in [-0.39, 0.29) is 29.8 Å². The summed E-state index contributed by atoms with van der Waals surface area (Å²) < 4.78 is 0. The number of nitrogens with zero attached hydrogens (tertiary/aromatic N) is 1. The Balaban J connectivity index is 1.80. The van der Waals surface area contributed by atoms with Gasteiger partial charge in [0.2, 0.25) is 5.91 Å². The van der Waals surface area contributed by atoms with Crippen molar-refractivity contribution < 1.29 is 9.59 Å². The maximum Gasteiger partial charge on any atom is 0.255 e. The Morgan fingerprint density at radius 1 is 1.10 bits per heavy atom. The lowest BCUT2D eigenvalue weighted by molar-refractivity contribution is -0.117. The predicted octanol–water partition coefficient (Wildman–Crippen LogP) is 5.54. The highest BCUT2D eigenvalue weighted by molar-refractivity contribution is 7.10. The Morgan fingerprint density at radius 2 is 1.83 bits per heavy atom. The van der Waals surface area contributed by atoms with Gasteiger partial charge >= 0.3 is 0 Å². The average Bonchev–Trinajstić information content (AvgIpc) is 3.18. The van der Waals surface area contributed by atoms with Crippen LogP contribution in [0.2, 0.25) is 0 Å². The Morgan fingerprint density at radius 3 is 2.47 bits per heavy atom. The molecule has 0 saturated heterocycles. The molecule has 0 spiro atoms. The fraction of sp³-hybridized carbons (Fsp3) is 0.280. The number of rotatable bonds is 2. The number of anilines is 1. The molecule has 0 radical (unpaired) electrons. The summed E-state index contributed by atoms with van der Waals surface area (Å²) in [6.07, 6.45) is 0. The van der Waals surface area contributed by atoms with E-state index in [2.05, 4.69) is 32.2 Å². The van der Waals surface area contributed by atoms with Crippen LogP contribution < -0.4 is 5.32 Å². The summed E-state index contributed by atoms with van der Waals surface area (Å²) in [7, 11) is 0. The molecule has 1 atom stereocenters. The molecule has 1 unspecified atom stereocenters. The second-order valence-corrected chi connectivity index (χ2v) is 9.80. The molecule has 0 bridgehead atoms. The quantitative estimate of drug-likeness (QED) is 0.594. The van der Waals surface area contributed by atoms with Gasteiger partial charge in [-0.3, -0.25) is 9.59 Å². The first kappa shape index (κ1) is 20.4. The molecule has 0 saturated carbocycles. The standard InChI is InChI=1S/C25H26N2O2S/c1-16-7-12-20-19(14-16)23(21-6-5-13-30-21)27(15-22(28)26-20)24(29)17-8-10-18(11-9-17)25(2,3)4/h5-14,23H,15H2,1-4H3,(H,26,28). The Hall–Kier alpha value is -2.92. The van der Waals surface area contributed by atoms with Crippen LogP contribution in [0.3, 0.4) is 0 Å². The Labute approximate surface area is 181 Å². The third-order valence-corrected chi connectivity index (χ3v) is 6.40. The van der Waals surface area contributed by atoms with Gasteiger partial charge in [0.25, 0.3) is 5.91 Å². The van der Waals surface area contributed by atoms with Crippen LogP contribution in [0.4, 0.5) is 5.69 Å². The van der Waals surface area contributed by atoms with Gasteiger partial charge in [-0.15, -0.1) is 11.3 Å². The zero-order chi connectivity index (χ0) is 21.5. The number of carbonyl (C=O) groups is 2. The van der Waals surface area contributed by atoms with Crippen molar-refractivity contribution in [2.24, 2.45) is 0 Å². The van der Waals surface area contributed by atoms with Gasteiger partial charge in [0.1, 0.15) is 6.54 Å². The summed E-state index contributed by atoms with van der Waals surface area (Å²) >= 11 is 1.60. The van der Waals surface area contributed by atoms with E-state index < -0.39 is 0 Å². The summed E-state index contributed by atoms with van der Waals surface area (Å²) in [5.74, 6) is -0.322. The second-order valence-electron chi connectivity index (χ2n) is 8.82. The fourth-order valence-corrected chi connectivity index (χ4v) is 4.70. The van der Waals surface area contributed by atoms with Gasteiger partial charge in [-0.05, 0) is 47.5 Å². The summed E-state index contributed by atoms with van der Waals surface area (Å²) in [5.41, 5.74) is 4.58. The van der Waals surface area contributed by atoms with E-state index in [4.69, 9.17) is 0 Å². The van der Waals surface area contributed by atoms with E-state index >= 15 is 0 Å². The van der Waals surface area contributed by atoms with Gasteiger partial charge in [0.05, 0.1) is 6.04 Å². The molecule has 2 heterocycles. The Bertz CT molecular complexity index is 1080. The highest BCUT2D eigenvalue weighted by atomic mass is 32.1. The van der Waals surface area contributed by atoms with Crippen LogP contribution in [-0.4, -0.2) is 23.3 Å². The Kier molecular flexibility index (Phi) is 5.24. The first-order valence-electron chi connectivity index (χ1n) is 10.1. The number of benzene rings is 2. The highest BCUT2D eigenvalue weighted by Crippen LogP contribution is 2.39. The van der Waals surface area contributed by atoms with Crippen LogP contribution in [0.5, 0.6) is 0 Å². The summed E-state index contributed by atoms with van der Waals surface area (Å²) in [6, 6.07) is 17.4. The van der Waals surface area contributed by atoms with Crippen LogP contribution >= 0.6 is 11.3 Å². The second kappa shape index (κ2) is 7.73. The van der Waals surface area contributed by atoms with E-state index in [0.717, 1.165) is 21.7 Å². The number of aryl methyl sites for hydroxylation is 1. The molecular weight excluding hydrogens is 392 g/mol. The van der Waals surface area contributed by atoms with Crippen molar-refractivity contribution in [3.8, 4) is 0 Å². The molecule has 154 valence electrons. The van der Waals surface area contributed by atoms with Crippen molar-refractivity contribution in [1.82, 2.24) is 4.90 Å². The SMILES string of the molecule is Cc1ccc2c(c1)C(c1cccs1)N(C(=O)c1ccc(C(C)(C)C)cc1)CC(=O)N2. The molecule has 4 rings (SSSR count). The predicted molar refractivity (Wildman–Crippen MR) is 122 cm³/mol. The molecule has 0 fully saturated rings. The average molecular weight is 419 g/mol. The summed E-state index contributed by atoms with van der Waals surface area (Å²) in [5, 5.41) is 4.98. The van der Waals surface area contributed by atoms with Gasteiger partial charge < -0.3 is 10.2 Å². The number of nitrogens with one attached hydrogen (secondary N) is 1. The third-order valence-electron chi connectivity index (χ3n) is 5.47. The molecule has 3 aromatic rings. The van der Waals surface area contributed by atoms with Gasteiger partial charge in [-0.2, -0.15) is 0 Å². The third kappa shape index (κ3) is 3.90. The molecule has 1 N–H and O–H groups in total. The lowest BCUT2D eigenvalue weighted by Gasteiger charge is -2.30. The van der Waals surface area contributed by atoms with Crippen molar-refractivity contribution in [3.63, 3.8) is 0 Å². The normalized spacial score (nSPS) is 16.6. The van der Waals surface area contributed by atoms with Crippen LogP contribution in [0, 0.1) is 6.92 Å². The molecular formula is C25H26N2O2S. The van der Waals surface area contributed by atoms with Gasteiger partial charge in [-0.1, -0.05) is 56.7 Å². The van der Waals surface area contributed by atoms with Crippen LogP contribution in [0.15, 0.2) is 60.0 Å². The number of hydrogen-bond donors (Lipinski definition) is 1. The largest absolute Gasteiger partial charge is 0.324 e. The van der Waals surface area contributed by atoms with Gasteiger partial charge in [-0.25, -0.2) is 0 Å². The molecule has 30 heavy (non-hydrogen) atoms. The maximum absolute atomic E-state index is 13.6. The van der Waals surface area contributed by atoms with Crippen molar-refractivity contribution in [2.45, 2.75) is 39.2 Å². The lowest BCUT2D eigenvalue weighted by atomic mass is 9.86. The maximum atomic E-state index is 13.6. The molecule has 1 aromatic heterocycles. The van der Waals surface area contributed by atoms with E-state index in [1.165, 1.54) is 5.56 Å². The minimum absolute atomic E-state index is 0.0101. The zero-order valence-electron chi connectivity index (χ0n) is 17.7. The fourth-order valence-electron chi connectivity index (χ4n) is 3.85. The number of hydrogen-bond acceptors (Lipinski definition) is 3. The smallest absolute Gasteiger partial charge is 0.255 e. The van der Waals surface area contributed by atoms with Crippen LogP contribution in [-0.2, 0) is 10.2 Å². The van der Waals surface area contributed by atoms with E-state index in [9.17, 15) is 9.59 Å². The molecule has 2 aromatic carbocycles. The van der Waals surface area contributed by atoms with Gasteiger partial charge in [0.15, 0.2) is 0 Å². The minimum atomic E-state index is -0.311. The zero-order valence-corrected chi connectivity index (χ0v) is 18.5. The number of fused-ring (bicyclic) bond motifs is 1. The lowest BCUT2D eigenvalue weighted by Crippen LogP contribution is -2.38. The molecule has 4 nitrogen and oxygen atoms in total. The minimum Gasteiger partial charge on any atom is -0.324 e. The van der Waals surface area contributed by atoms with Crippen LogP contribution in [0.1, 0.15) is 58.7 Å². The van der Waals surface area contributed by atoms with Crippen molar-refractivity contribution >= 4 is 28.8 Å². The first-order valence-corrected chi connectivity index (χ1v) is 11.0. The molecule has 0 aliphatic carbocycles.